The fourth-order valence-corrected chi connectivity index (χ4v) is 3.40. The van der Waals surface area contributed by atoms with Gasteiger partial charge in [0.05, 0.1) is 13.2 Å². The number of anilines is 1. The summed E-state index contributed by atoms with van der Waals surface area (Å²) in [5, 5.41) is 3.07. The average Bonchev–Trinajstić information content (AvgIpc) is 3.02. The summed E-state index contributed by atoms with van der Waals surface area (Å²) >= 11 is 3.52. The number of carbonyl (C=O) groups excluding carboxylic acids is 1. The topological polar surface area (TPSA) is 44.8 Å². The van der Waals surface area contributed by atoms with E-state index in [1.165, 1.54) is 5.69 Å². The van der Waals surface area contributed by atoms with Crippen LogP contribution < -0.4 is 10.2 Å². The van der Waals surface area contributed by atoms with E-state index in [-0.39, 0.29) is 6.03 Å². The van der Waals surface area contributed by atoms with Crippen LogP contribution in [0.15, 0.2) is 28.7 Å². The van der Waals surface area contributed by atoms with Crippen LogP contribution in [-0.2, 0) is 4.74 Å². The molecule has 0 radical (unpaired) electrons. The summed E-state index contributed by atoms with van der Waals surface area (Å²) in [5.41, 5.74) is 1.25. The van der Waals surface area contributed by atoms with E-state index >= 15 is 0 Å². The normalized spacial score (nSPS) is 22.0. The highest BCUT2D eigenvalue weighted by molar-refractivity contribution is 9.10. The van der Waals surface area contributed by atoms with Gasteiger partial charge in [0, 0.05) is 42.9 Å². The molecule has 6 heteroatoms. The number of hydrogen-bond donors (Lipinski definition) is 1. The zero-order valence-electron chi connectivity index (χ0n) is 12.6. The van der Waals surface area contributed by atoms with Gasteiger partial charge in [-0.15, -0.1) is 0 Å². The summed E-state index contributed by atoms with van der Waals surface area (Å²) in [6, 6.07) is 8.44. The molecule has 2 amide bonds. The van der Waals surface area contributed by atoms with Crippen molar-refractivity contribution in [2.24, 2.45) is 5.92 Å². The van der Waals surface area contributed by atoms with Crippen LogP contribution in [0.4, 0.5) is 10.5 Å². The maximum absolute atomic E-state index is 12.1. The van der Waals surface area contributed by atoms with E-state index in [4.69, 9.17) is 4.74 Å². The quantitative estimate of drug-likeness (QED) is 0.891. The van der Waals surface area contributed by atoms with Gasteiger partial charge in [-0.05, 0) is 30.5 Å². The molecule has 120 valence electrons. The number of amides is 2. The van der Waals surface area contributed by atoms with Gasteiger partial charge in [-0.3, -0.25) is 0 Å². The van der Waals surface area contributed by atoms with Crippen LogP contribution >= 0.6 is 15.9 Å². The molecule has 1 atom stereocenters. The number of rotatable bonds is 3. The van der Waals surface area contributed by atoms with Crippen molar-refractivity contribution >= 4 is 27.6 Å². The predicted octanol–water partition coefficient (Wildman–Crippen LogP) is 2.32. The molecule has 2 heterocycles. The van der Waals surface area contributed by atoms with Crippen LogP contribution in [0, 0.1) is 5.92 Å². The van der Waals surface area contributed by atoms with Crippen molar-refractivity contribution < 1.29 is 9.53 Å². The molecule has 1 N–H and O–H groups in total. The van der Waals surface area contributed by atoms with Crippen LogP contribution in [0.1, 0.15) is 6.42 Å². The van der Waals surface area contributed by atoms with E-state index in [1.807, 2.05) is 11.0 Å². The molecule has 5 nitrogen and oxygen atoms in total. The van der Waals surface area contributed by atoms with Gasteiger partial charge in [-0.2, -0.15) is 0 Å². The van der Waals surface area contributed by atoms with E-state index in [0.29, 0.717) is 32.2 Å². The SMILES string of the molecule is O=C(NCC1CCN(c2cccc(Br)c2)C1)N1CCOCC1. The van der Waals surface area contributed by atoms with Crippen LogP contribution in [0.5, 0.6) is 0 Å². The molecular formula is C16H22BrN3O2. The van der Waals surface area contributed by atoms with Crippen molar-refractivity contribution in [3.8, 4) is 0 Å². The zero-order chi connectivity index (χ0) is 15.4. The highest BCUT2D eigenvalue weighted by Crippen LogP contribution is 2.25. The number of halogens is 1. The van der Waals surface area contributed by atoms with E-state index in [0.717, 1.165) is 30.5 Å². The summed E-state index contributed by atoms with van der Waals surface area (Å²) in [6.45, 7) is 5.48. The molecule has 0 saturated carbocycles. The molecule has 2 aliphatic rings. The Morgan fingerprint density at radius 1 is 1.32 bits per heavy atom. The lowest BCUT2D eigenvalue weighted by atomic mass is 10.1. The second-order valence-electron chi connectivity index (χ2n) is 5.87. The maximum Gasteiger partial charge on any atom is 0.317 e. The number of urea groups is 1. The lowest BCUT2D eigenvalue weighted by Crippen LogP contribution is -2.47. The van der Waals surface area contributed by atoms with Gasteiger partial charge >= 0.3 is 6.03 Å². The summed E-state index contributed by atoms with van der Waals surface area (Å²) in [4.78, 5) is 16.3. The first kappa shape index (κ1) is 15.6. The standard InChI is InChI=1S/C16H22BrN3O2/c17-14-2-1-3-15(10-14)20-5-4-13(12-20)11-18-16(21)19-6-8-22-9-7-19/h1-3,10,13H,4-9,11-12H2,(H,18,21). The van der Waals surface area contributed by atoms with E-state index in [9.17, 15) is 4.79 Å². The third kappa shape index (κ3) is 3.93. The maximum atomic E-state index is 12.1. The second kappa shape index (κ2) is 7.33. The molecule has 2 saturated heterocycles. The lowest BCUT2D eigenvalue weighted by Gasteiger charge is -2.27. The Morgan fingerprint density at radius 2 is 2.14 bits per heavy atom. The first-order chi connectivity index (χ1) is 10.7. The van der Waals surface area contributed by atoms with Gasteiger partial charge in [0.15, 0.2) is 0 Å². The molecule has 0 aromatic heterocycles. The first-order valence-corrected chi connectivity index (χ1v) is 8.63. The second-order valence-corrected chi connectivity index (χ2v) is 6.78. The number of hydrogen-bond acceptors (Lipinski definition) is 3. The zero-order valence-corrected chi connectivity index (χ0v) is 14.2. The Labute approximate surface area is 139 Å². The Bertz CT molecular complexity index is 520. The monoisotopic (exact) mass is 367 g/mol. The summed E-state index contributed by atoms with van der Waals surface area (Å²) in [5.74, 6) is 0.518. The van der Waals surface area contributed by atoms with Crippen LogP contribution in [0.2, 0.25) is 0 Å². The largest absolute Gasteiger partial charge is 0.378 e. The van der Waals surface area contributed by atoms with E-state index in [1.54, 1.807) is 0 Å². The summed E-state index contributed by atoms with van der Waals surface area (Å²) < 4.78 is 6.37. The van der Waals surface area contributed by atoms with Gasteiger partial charge in [-0.1, -0.05) is 22.0 Å². The fourth-order valence-electron chi connectivity index (χ4n) is 3.02. The third-order valence-corrected chi connectivity index (χ3v) is 4.79. The Balaban J connectivity index is 1.46. The number of ether oxygens (including phenoxy) is 1. The van der Waals surface area contributed by atoms with Gasteiger partial charge in [-0.25, -0.2) is 4.79 Å². The Morgan fingerprint density at radius 3 is 2.91 bits per heavy atom. The minimum absolute atomic E-state index is 0.0456. The number of morpholine rings is 1. The van der Waals surface area contributed by atoms with Crippen LogP contribution in [0.3, 0.4) is 0 Å². The molecular weight excluding hydrogens is 346 g/mol. The van der Waals surface area contributed by atoms with Crippen molar-refractivity contribution in [1.82, 2.24) is 10.2 Å². The van der Waals surface area contributed by atoms with Gasteiger partial charge in [0.25, 0.3) is 0 Å². The van der Waals surface area contributed by atoms with Crippen molar-refractivity contribution in [2.75, 3.05) is 50.8 Å². The molecule has 0 spiro atoms. The summed E-state index contributed by atoms with van der Waals surface area (Å²) in [6.07, 6.45) is 1.12. The average molecular weight is 368 g/mol. The summed E-state index contributed by atoms with van der Waals surface area (Å²) in [7, 11) is 0. The molecule has 0 aliphatic carbocycles. The van der Waals surface area contributed by atoms with Gasteiger partial charge < -0.3 is 19.9 Å². The predicted molar refractivity (Wildman–Crippen MR) is 90.3 cm³/mol. The first-order valence-electron chi connectivity index (χ1n) is 7.83. The minimum Gasteiger partial charge on any atom is -0.378 e. The Kier molecular flexibility index (Phi) is 5.20. The van der Waals surface area contributed by atoms with Crippen molar-refractivity contribution in [3.05, 3.63) is 28.7 Å². The smallest absolute Gasteiger partial charge is 0.317 e. The number of nitrogens with one attached hydrogen (secondary N) is 1. The molecule has 1 aromatic rings. The highest BCUT2D eigenvalue weighted by Gasteiger charge is 2.24. The molecule has 1 aromatic carbocycles. The number of carbonyl (C=O) groups is 1. The van der Waals surface area contributed by atoms with Crippen molar-refractivity contribution in [2.45, 2.75) is 6.42 Å². The van der Waals surface area contributed by atoms with Gasteiger partial charge in [0.1, 0.15) is 0 Å². The Hall–Kier alpha value is -1.27. The van der Waals surface area contributed by atoms with Crippen molar-refractivity contribution in [3.63, 3.8) is 0 Å². The highest BCUT2D eigenvalue weighted by atomic mass is 79.9. The molecule has 2 aliphatic heterocycles. The fraction of sp³-hybridized carbons (Fsp3) is 0.562. The van der Waals surface area contributed by atoms with Crippen LogP contribution in [-0.4, -0.2) is 56.9 Å². The van der Waals surface area contributed by atoms with E-state index < -0.39 is 0 Å². The molecule has 0 bridgehead atoms. The lowest BCUT2D eigenvalue weighted by molar-refractivity contribution is 0.0530. The van der Waals surface area contributed by atoms with Gasteiger partial charge in [0.2, 0.25) is 0 Å². The number of benzene rings is 1. The van der Waals surface area contributed by atoms with Crippen molar-refractivity contribution in [1.29, 1.82) is 0 Å². The third-order valence-electron chi connectivity index (χ3n) is 4.30. The van der Waals surface area contributed by atoms with E-state index in [2.05, 4.69) is 44.3 Å². The molecule has 3 rings (SSSR count). The molecule has 22 heavy (non-hydrogen) atoms. The van der Waals surface area contributed by atoms with Crippen LogP contribution in [0.25, 0.3) is 0 Å². The molecule has 2 fully saturated rings. The minimum atomic E-state index is 0.0456. The molecule has 1 unspecified atom stereocenters. The number of nitrogens with zero attached hydrogens (tertiary/aromatic N) is 2.